The van der Waals surface area contributed by atoms with Gasteiger partial charge in [0, 0.05) is 24.0 Å². The average Bonchev–Trinajstić information content (AvgIpc) is 2.80. The summed E-state index contributed by atoms with van der Waals surface area (Å²) in [5, 5.41) is 7.24. The molecule has 2 aromatic rings. The molecule has 0 bridgehead atoms. The van der Waals surface area contributed by atoms with Crippen LogP contribution < -0.4 is 0 Å². The summed E-state index contributed by atoms with van der Waals surface area (Å²) in [6.45, 7) is 2.42. The topological polar surface area (TPSA) is 87.0 Å². The molecule has 0 amide bonds. The molecule has 0 unspecified atom stereocenters. The Kier molecular flexibility index (Phi) is 4.36. The lowest BCUT2D eigenvalue weighted by molar-refractivity contribution is 0.185. The molecule has 20 heavy (non-hydrogen) atoms. The lowest BCUT2D eigenvalue weighted by atomic mass is 10.2. The van der Waals surface area contributed by atoms with Gasteiger partial charge in [-0.3, -0.25) is 9.55 Å². The molecule has 7 nitrogen and oxygen atoms in total. The molecule has 0 saturated carbocycles. The number of rotatable bonds is 5. The molecule has 9 heteroatoms. The Labute approximate surface area is 121 Å². The van der Waals surface area contributed by atoms with E-state index in [1.807, 2.05) is 13.0 Å². The maximum absolute atomic E-state index is 11.5. The van der Waals surface area contributed by atoms with Crippen molar-refractivity contribution in [2.45, 2.75) is 18.6 Å². The Hall–Kier alpha value is -1.51. The summed E-state index contributed by atoms with van der Waals surface area (Å²) in [5.41, 5.74) is 1.42. The highest BCUT2D eigenvalue weighted by Gasteiger charge is 2.24. The normalized spacial score (nSPS) is 11.8. The summed E-state index contributed by atoms with van der Waals surface area (Å²) in [5.74, 6) is 0.347. The van der Waals surface area contributed by atoms with Crippen molar-refractivity contribution in [3.63, 3.8) is 0 Å². The highest BCUT2D eigenvalue weighted by atomic mass is 35.7. The summed E-state index contributed by atoms with van der Waals surface area (Å²) < 4.78 is 29.4. The number of hydrogen-bond acceptors (Lipinski definition) is 6. The average molecular weight is 317 g/mol. The first-order chi connectivity index (χ1) is 9.45. The van der Waals surface area contributed by atoms with Crippen molar-refractivity contribution in [3.8, 4) is 11.5 Å². The molecule has 0 aromatic carbocycles. The van der Waals surface area contributed by atoms with Crippen LogP contribution in [0.4, 0.5) is 0 Å². The van der Waals surface area contributed by atoms with E-state index >= 15 is 0 Å². The van der Waals surface area contributed by atoms with E-state index in [9.17, 15) is 8.42 Å². The van der Waals surface area contributed by atoms with E-state index in [2.05, 4.69) is 15.2 Å². The van der Waals surface area contributed by atoms with E-state index in [-0.39, 0.29) is 11.7 Å². The first kappa shape index (κ1) is 14.9. The fourth-order valence-corrected chi connectivity index (χ4v) is 2.67. The second-order valence-electron chi connectivity index (χ2n) is 4.06. The molecule has 0 radical (unpaired) electrons. The molecule has 0 N–H and O–H groups in total. The fourth-order valence-electron chi connectivity index (χ4n) is 1.75. The van der Waals surface area contributed by atoms with Gasteiger partial charge in [-0.05, 0) is 18.6 Å². The highest BCUT2D eigenvalue weighted by molar-refractivity contribution is 8.13. The molecule has 0 atom stereocenters. The molecule has 108 valence electrons. The van der Waals surface area contributed by atoms with Gasteiger partial charge in [-0.1, -0.05) is 6.07 Å². The second kappa shape index (κ2) is 5.86. The van der Waals surface area contributed by atoms with Crippen LogP contribution in [0, 0.1) is 6.92 Å². The summed E-state index contributed by atoms with van der Waals surface area (Å²) in [6, 6.07) is 3.64. The quantitative estimate of drug-likeness (QED) is 0.771. The predicted molar refractivity (Wildman–Crippen MR) is 72.9 cm³/mol. The lowest BCUT2D eigenvalue weighted by Crippen LogP contribution is -2.12. The van der Waals surface area contributed by atoms with Crippen molar-refractivity contribution < 1.29 is 13.2 Å². The van der Waals surface area contributed by atoms with Crippen LogP contribution in [0.25, 0.3) is 11.5 Å². The molecule has 2 rings (SSSR count). The van der Waals surface area contributed by atoms with Crippen LogP contribution in [0.5, 0.6) is 0 Å². The van der Waals surface area contributed by atoms with E-state index in [0.29, 0.717) is 18.1 Å². The number of nitrogens with zero attached hydrogens (tertiary/aromatic N) is 4. The minimum absolute atomic E-state index is 0.260. The third-order valence-electron chi connectivity index (χ3n) is 2.68. The minimum Gasteiger partial charge on any atom is -0.383 e. The first-order valence-corrected chi connectivity index (χ1v) is 8.05. The van der Waals surface area contributed by atoms with E-state index < -0.39 is 9.05 Å². The van der Waals surface area contributed by atoms with Crippen LogP contribution in [0.15, 0.2) is 23.5 Å². The molecule has 0 spiro atoms. The van der Waals surface area contributed by atoms with Crippen molar-refractivity contribution >= 4 is 19.7 Å². The van der Waals surface area contributed by atoms with E-state index in [1.165, 1.54) is 11.7 Å². The molecule has 0 fully saturated rings. The number of pyridine rings is 1. The van der Waals surface area contributed by atoms with Crippen molar-refractivity contribution in [1.82, 2.24) is 19.7 Å². The number of aromatic nitrogens is 4. The molecular formula is C11H13ClN4O3S. The Bertz CT molecular complexity index is 714. The van der Waals surface area contributed by atoms with E-state index in [4.69, 9.17) is 15.4 Å². The zero-order valence-electron chi connectivity index (χ0n) is 10.9. The Morgan fingerprint density at radius 2 is 2.15 bits per heavy atom. The number of aryl methyl sites for hydroxylation is 1. The summed E-state index contributed by atoms with van der Waals surface area (Å²) in [6.07, 6.45) is 1.60. The zero-order valence-corrected chi connectivity index (χ0v) is 12.5. The van der Waals surface area contributed by atoms with Gasteiger partial charge in [0.15, 0.2) is 5.82 Å². The Morgan fingerprint density at radius 3 is 2.75 bits per heavy atom. The van der Waals surface area contributed by atoms with Gasteiger partial charge in [0.05, 0.1) is 13.2 Å². The molecule has 0 aliphatic heterocycles. The molecule has 0 aliphatic carbocycles. The maximum Gasteiger partial charge on any atom is 0.296 e. The van der Waals surface area contributed by atoms with Crippen LogP contribution in [-0.4, -0.2) is 41.9 Å². The van der Waals surface area contributed by atoms with Crippen LogP contribution in [0.3, 0.4) is 0 Å². The number of methoxy groups -OCH3 is 1. The van der Waals surface area contributed by atoms with Crippen LogP contribution in [0.1, 0.15) is 5.56 Å². The number of hydrogen-bond donors (Lipinski definition) is 0. The molecule has 0 saturated heterocycles. The summed E-state index contributed by atoms with van der Waals surface area (Å²) in [4.78, 5) is 4.21. The van der Waals surface area contributed by atoms with Crippen LogP contribution in [0.2, 0.25) is 0 Å². The molecule has 2 heterocycles. The SMILES string of the molecule is COCCn1c(-c2ncccc2C)nnc1S(=O)(=O)Cl. The molecule has 2 aromatic heterocycles. The van der Waals surface area contributed by atoms with Gasteiger partial charge < -0.3 is 4.74 Å². The van der Waals surface area contributed by atoms with Crippen molar-refractivity contribution in [2.24, 2.45) is 0 Å². The van der Waals surface area contributed by atoms with Gasteiger partial charge in [-0.15, -0.1) is 10.2 Å². The van der Waals surface area contributed by atoms with Gasteiger partial charge in [0.25, 0.3) is 14.2 Å². The smallest absolute Gasteiger partial charge is 0.296 e. The standard InChI is InChI=1S/C11H13ClN4O3S/c1-8-4-3-5-13-9(8)10-14-15-11(20(12,17)18)16(10)6-7-19-2/h3-5H,6-7H2,1-2H3. The van der Waals surface area contributed by atoms with Gasteiger partial charge in [-0.25, -0.2) is 8.42 Å². The van der Waals surface area contributed by atoms with Gasteiger partial charge >= 0.3 is 0 Å². The monoisotopic (exact) mass is 316 g/mol. The largest absolute Gasteiger partial charge is 0.383 e. The molecule has 0 aliphatic rings. The Morgan fingerprint density at radius 1 is 1.40 bits per heavy atom. The van der Waals surface area contributed by atoms with Gasteiger partial charge in [0.2, 0.25) is 0 Å². The van der Waals surface area contributed by atoms with Gasteiger partial charge in [-0.2, -0.15) is 0 Å². The number of halogens is 1. The third-order valence-corrected chi connectivity index (χ3v) is 3.83. The van der Waals surface area contributed by atoms with Gasteiger partial charge in [0.1, 0.15) is 5.69 Å². The van der Waals surface area contributed by atoms with E-state index in [1.54, 1.807) is 12.3 Å². The van der Waals surface area contributed by atoms with Crippen LogP contribution >= 0.6 is 10.7 Å². The highest BCUT2D eigenvalue weighted by Crippen LogP contribution is 2.23. The number of ether oxygens (including phenoxy) is 1. The van der Waals surface area contributed by atoms with Crippen molar-refractivity contribution in [3.05, 3.63) is 23.9 Å². The fraction of sp³-hybridized carbons (Fsp3) is 0.364. The Balaban J connectivity index is 2.60. The van der Waals surface area contributed by atoms with Crippen molar-refractivity contribution in [2.75, 3.05) is 13.7 Å². The molecular weight excluding hydrogens is 304 g/mol. The maximum atomic E-state index is 11.5. The predicted octanol–water partition coefficient (Wildman–Crippen LogP) is 1.22. The van der Waals surface area contributed by atoms with Crippen molar-refractivity contribution in [1.29, 1.82) is 0 Å². The second-order valence-corrected chi connectivity index (χ2v) is 6.52. The summed E-state index contributed by atoms with van der Waals surface area (Å²) >= 11 is 0. The minimum atomic E-state index is -3.99. The third kappa shape index (κ3) is 2.97. The lowest BCUT2D eigenvalue weighted by Gasteiger charge is -2.09. The zero-order chi connectivity index (χ0) is 14.8. The van der Waals surface area contributed by atoms with Crippen LogP contribution in [-0.2, 0) is 20.3 Å². The first-order valence-electron chi connectivity index (χ1n) is 5.74. The van der Waals surface area contributed by atoms with E-state index in [0.717, 1.165) is 5.56 Å². The summed E-state index contributed by atoms with van der Waals surface area (Å²) in [7, 11) is 2.90.